The van der Waals surface area contributed by atoms with Crippen LogP contribution >= 0.6 is 11.3 Å². The molecule has 0 radical (unpaired) electrons. The number of aryl methyl sites for hydroxylation is 2. The highest BCUT2D eigenvalue weighted by Crippen LogP contribution is 2.43. The van der Waals surface area contributed by atoms with Crippen LogP contribution in [0.5, 0.6) is 0 Å². The van der Waals surface area contributed by atoms with Crippen molar-refractivity contribution in [1.29, 1.82) is 0 Å². The zero-order chi connectivity index (χ0) is 34.9. The largest absolute Gasteiger partial charge is 0.445 e. The summed E-state index contributed by atoms with van der Waals surface area (Å²) in [5, 5.41) is 4.72. The fraction of sp³-hybridized carbons (Fsp3) is 0.487. The molecule has 0 spiro atoms. The second kappa shape index (κ2) is 14.4. The highest BCUT2D eigenvalue weighted by atomic mass is 32.1. The summed E-state index contributed by atoms with van der Waals surface area (Å²) in [7, 11) is 0. The summed E-state index contributed by atoms with van der Waals surface area (Å²) in [5.41, 5.74) is 6.46. The lowest BCUT2D eigenvalue weighted by molar-refractivity contribution is -0.135. The van der Waals surface area contributed by atoms with Gasteiger partial charge in [-0.2, -0.15) is 0 Å². The van der Waals surface area contributed by atoms with E-state index in [1.54, 1.807) is 11.3 Å². The predicted molar refractivity (Wildman–Crippen MR) is 199 cm³/mol. The topological polar surface area (TPSA) is 103 Å². The Hall–Kier alpha value is -4.18. The van der Waals surface area contributed by atoms with Gasteiger partial charge in [0.25, 0.3) is 0 Å². The third-order valence-corrected chi connectivity index (χ3v) is 11.2. The monoisotopic (exact) mass is 682 g/mol. The Balaban J connectivity index is 1.32. The highest BCUT2D eigenvalue weighted by Gasteiger charge is 2.37. The third-order valence-electron chi connectivity index (χ3n) is 9.84. The number of aromatic amines is 1. The number of benzene rings is 1. The standard InChI is InChI=1S/C39H50N6O3S/c1-24(2)48-38(47)43-37(45-17-12-29(23-45)28-10-13-40-14-11-28)41-22-27(5)33-31-21-32(39(6,7)36(46)44-15-8-9-16-44)49-35(31)42-34(33)30-19-25(3)18-26(4)20-30/h10-11,13-14,18-21,24,27,29,42H,8-9,12,15-17,22-23H2,1-7H3,(H,41,43,47)/t27-,29?/m1/s1. The van der Waals surface area contributed by atoms with E-state index in [4.69, 9.17) is 4.74 Å². The molecule has 2 aliphatic rings. The number of ether oxygens (including phenoxy) is 1. The SMILES string of the molecule is Cc1cc(C)cc(-c2[nH]c3sc(C(C)(C)C(=O)N4CCCC4)cc3c2[C@H](C)CNC(=NC(=O)OC(C)C)N2CCC(c3ccncc3)C2)c1. The molecule has 2 aliphatic heterocycles. The van der Waals surface area contributed by atoms with Gasteiger partial charge in [-0.3, -0.25) is 9.78 Å². The summed E-state index contributed by atoms with van der Waals surface area (Å²) < 4.78 is 5.44. The number of hydrogen-bond donors (Lipinski definition) is 2. The van der Waals surface area contributed by atoms with Crippen LogP contribution in [0.3, 0.4) is 0 Å². The van der Waals surface area contributed by atoms with Crippen molar-refractivity contribution >= 4 is 39.5 Å². The Morgan fingerprint density at radius 1 is 1.04 bits per heavy atom. The smallest absolute Gasteiger partial charge is 0.437 e. The number of pyridine rings is 1. The summed E-state index contributed by atoms with van der Waals surface area (Å²) in [4.78, 5) is 45.3. The van der Waals surface area contributed by atoms with Crippen LogP contribution in [0.25, 0.3) is 21.5 Å². The number of hydrogen-bond acceptors (Lipinski definition) is 5. The van der Waals surface area contributed by atoms with Crippen LogP contribution in [-0.4, -0.2) is 76.6 Å². The lowest BCUT2D eigenvalue weighted by Crippen LogP contribution is -2.42. The second-order valence-corrected chi connectivity index (χ2v) is 15.7. The van der Waals surface area contributed by atoms with Crippen LogP contribution in [0.1, 0.15) is 92.8 Å². The van der Waals surface area contributed by atoms with Crippen molar-refractivity contribution < 1.29 is 14.3 Å². The van der Waals surface area contributed by atoms with Gasteiger partial charge in [-0.1, -0.05) is 24.1 Å². The number of rotatable bonds is 8. The van der Waals surface area contributed by atoms with Crippen LogP contribution in [0, 0.1) is 13.8 Å². The molecule has 0 saturated carbocycles. The van der Waals surface area contributed by atoms with Crippen molar-refractivity contribution in [3.8, 4) is 11.3 Å². The Bertz CT molecular complexity index is 1820. The molecule has 2 atom stereocenters. The summed E-state index contributed by atoms with van der Waals surface area (Å²) in [5.74, 6) is 1.10. The number of thiophene rings is 1. The molecular weight excluding hydrogens is 633 g/mol. The van der Waals surface area contributed by atoms with E-state index in [1.807, 2.05) is 31.1 Å². The zero-order valence-electron chi connectivity index (χ0n) is 29.9. The van der Waals surface area contributed by atoms with Crippen LogP contribution in [0.2, 0.25) is 0 Å². The van der Waals surface area contributed by atoms with Gasteiger partial charge in [-0.15, -0.1) is 16.3 Å². The molecule has 49 heavy (non-hydrogen) atoms. The van der Waals surface area contributed by atoms with Crippen LogP contribution in [0.4, 0.5) is 4.79 Å². The van der Waals surface area contributed by atoms with E-state index in [9.17, 15) is 9.59 Å². The molecule has 2 N–H and O–H groups in total. The van der Waals surface area contributed by atoms with Crippen LogP contribution < -0.4 is 5.32 Å². The Morgan fingerprint density at radius 2 is 1.73 bits per heavy atom. The van der Waals surface area contributed by atoms with Gasteiger partial charge in [-0.25, -0.2) is 4.79 Å². The lowest BCUT2D eigenvalue weighted by Gasteiger charge is -2.28. The minimum absolute atomic E-state index is 0.0364. The maximum absolute atomic E-state index is 13.7. The summed E-state index contributed by atoms with van der Waals surface area (Å²) in [6.45, 7) is 18.0. The summed E-state index contributed by atoms with van der Waals surface area (Å²) in [6, 6.07) is 13.0. The van der Waals surface area contributed by atoms with Crippen LogP contribution in [0.15, 0.2) is 53.8 Å². The number of aliphatic imine (C=N–C) groups is 1. The number of amides is 2. The van der Waals surface area contributed by atoms with E-state index in [0.29, 0.717) is 18.4 Å². The fourth-order valence-electron chi connectivity index (χ4n) is 7.33. The van der Waals surface area contributed by atoms with E-state index in [0.717, 1.165) is 71.8 Å². The maximum atomic E-state index is 13.7. The number of H-pyrrole nitrogens is 1. The quantitative estimate of drug-likeness (QED) is 0.145. The van der Waals surface area contributed by atoms with E-state index < -0.39 is 11.5 Å². The lowest BCUT2D eigenvalue weighted by atomic mass is 9.88. The minimum Gasteiger partial charge on any atom is -0.445 e. The molecule has 1 aromatic carbocycles. The molecule has 1 unspecified atom stereocenters. The van der Waals surface area contributed by atoms with E-state index in [-0.39, 0.29) is 17.9 Å². The van der Waals surface area contributed by atoms with Crippen LogP contribution in [-0.2, 0) is 14.9 Å². The molecule has 4 aromatic rings. The number of nitrogens with one attached hydrogen (secondary N) is 2. The normalized spacial score (nSPS) is 17.7. The Morgan fingerprint density at radius 3 is 2.41 bits per heavy atom. The van der Waals surface area contributed by atoms with Crippen molar-refractivity contribution in [1.82, 2.24) is 25.1 Å². The van der Waals surface area contributed by atoms with Gasteiger partial charge in [0.15, 0.2) is 0 Å². The van der Waals surface area contributed by atoms with E-state index >= 15 is 0 Å². The van der Waals surface area contributed by atoms with Gasteiger partial charge >= 0.3 is 6.09 Å². The van der Waals surface area contributed by atoms with Gasteiger partial charge in [0.2, 0.25) is 11.9 Å². The number of likely N-dealkylation sites (tertiary alicyclic amines) is 2. The van der Waals surface area contributed by atoms with Gasteiger partial charge < -0.3 is 24.8 Å². The van der Waals surface area contributed by atoms with Crippen molar-refractivity contribution in [2.45, 2.75) is 91.1 Å². The van der Waals surface area contributed by atoms with E-state index in [1.165, 1.54) is 22.3 Å². The second-order valence-electron chi connectivity index (χ2n) is 14.6. The molecule has 0 bridgehead atoms. The molecule has 2 amide bonds. The van der Waals surface area contributed by atoms with Crippen molar-refractivity contribution in [2.24, 2.45) is 4.99 Å². The van der Waals surface area contributed by atoms with E-state index in [2.05, 4.69) is 96.2 Å². The van der Waals surface area contributed by atoms with Gasteiger partial charge in [0, 0.05) is 67.2 Å². The molecule has 3 aromatic heterocycles. The number of nitrogens with zero attached hydrogens (tertiary/aromatic N) is 4. The first-order valence-electron chi connectivity index (χ1n) is 17.6. The average molecular weight is 683 g/mol. The molecule has 6 rings (SSSR count). The molecule has 260 valence electrons. The fourth-order valence-corrected chi connectivity index (χ4v) is 8.50. The maximum Gasteiger partial charge on any atom is 0.437 e. The number of guanidine groups is 1. The first-order chi connectivity index (χ1) is 23.4. The van der Waals surface area contributed by atoms with Crippen molar-refractivity contribution in [3.05, 3.63) is 75.9 Å². The Labute approximate surface area is 294 Å². The molecular formula is C39H50N6O3S. The number of aromatic nitrogens is 2. The van der Waals surface area contributed by atoms with Crippen molar-refractivity contribution in [2.75, 3.05) is 32.7 Å². The minimum atomic E-state index is -0.620. The van der Waals surface area contributed by atoms with Crippen molar-refractivity contribution in [3.63, 3.8) is 0 Å². The summed E-state index contributed by atoms with van der Waals surface area (Å²) in [6.07, 6.45) is 5.91. The first kappa shape index (κ1) is 34.7. The van der Waals surface area contributed by atoms with Gasteiger partial charge in [0.1, 0.15) is 4.83 Å². The third kappa shape index (κ3) is 7.54. The molecule has 2 fully saturated rings. The number of carbonyl (C=O) groups excluding carboxylic acids is 2. The average Bonchev–Trinajstić information content (AvgIpc) is 3.87. The van der Waals surface area contributed by atoms with Gasteiger partial charge in [-0.05, 0) is 108 Å². The Kier molecular flexibility index (Phi) is 10.2. The predicted octanol–water partition coefficient (Wildman–Crippen LogP) is 7.89. The molecule has 5 heterocycles. The molecule has 2 saturated heterocycles. The summed E-state index contributed by atoms with van der Waals surface area (Å²) >= 11 is 1.68. The number of fused-ring (bicyclic) bond motifs is 1. The van der Waals surface area contributed by atoms with Gasteiger partial charge in [0.05, 0.1) is 17.2 Å². The first-order valence-corrected chi connectivity index (χ1v) is 18.4. The highest BCUT2D eigenvalue weighted by molar-refractivity contribution is 7.19. The zero-order valence-corrected chi connectivity index (χ0v) is 30.7. The molecule has 0 aliphatic carbocycles. The molecule has 9 nitrogen and oxygen atoms in total. The molecule has 10 heteroatoms. The number of carbonyl (C=O) groups is 2.